The molecule has 5 rings (SSSR count). The molecule has 2 saturated heterocycles. The second-order valence-corrected chi connectivity index (χ2v) is 10.8. The average Bonchev–Trinajstić information content (AvgIpc) is 3.49. The Bertz CT molecular complexity index is 1180. The number of nitrogens with zero attached hydrogens (tertiary/aromatic N) is 7. The number of carbonyl (C=O) groups is 1. The summed E-state index contributed by atoms with van der Waals surface area (Å²) < 4.78 is 6.20. The van der Waals surface area contributed by atoms with Gasteiger partial charge in [0.15, 0.2) is 0 Å². The smallest absolute Gasteiger partial charge is 0.318 e. The van der Waals surface area contributed by atoms with Crippen LogP contribution in [0.3, 0.4) is 0 Å². The highest BCUT2D eigenvalue weighted by Crippen LogP contribution is 2.34. The van der Waals surface area contributed by atoms with Crippen LogP contribution in [0.5, 0.6) is 6.01 Å². The molecule has 0 aromatic carbocycles. The van der Waals surface area contributed by atoms with Crippen LogP contribution in [0.2, 0.25) is 5.02 Å². The summed E-state index contributed by atoms with van der Waals surface area (Å²) in [6.45, 7) is 13.4. The molecular weight excluding hydrogens is 490 g/mol. The topological polar surface area (TPSA) is 77.9 Å². The minimum Gasteiger partial charge on any atom is -0.462 e. The van der Waals surface area contributed by atoms with Crippen molar-refractivity contribution in [3.63, 3.8) is 0 Å². The van der Waals surface area contributed by atoms with E-state index in [-0.39, 0.29) is 11.9 Å². The zero-order valence-corrected chi connectivity index (χ0v) is 22.7. The molecule has 0 bridgehead atoms. The molecule has 2 atom stereocenters. The normalized spacial score (nSPS) is 22.4. The van der Waals surface area contributed by atoms with Crippen molar-refractivity contribution in [3.8, 4) is 6.01 Å². The Labute approximate surface area is 224 Å². The van der Waals surface area contributed by atoms with Crippen molar-refractivity contribution in [1.29, 1.82) is 0 Å². The largest absolute Gasteiger partial charge is 0.462 e. The van der Waals surface area contributed by atoms with E-state index in [0.29, 0.717) is 63.0 Å². The first-order valence-electron chi connectivity index (χ1n) is 13.1. The van der Waals surface area contributed by atoms with Crippen LogP contribution in [0.4, 0.5) is 5.82 Å². The molecule has 5 heterocycles. The Hall–Kier alpha value is -2.75. The van der Waals surface area contributed by atoms with Crippen LogP contribution in [0.15, 0.2) is 24.8 Å². The molecule has 9 nitrogen and oxygen atoms in total. The van der Waals surface area contributed by atoms with Gasteiger partial charge in [-0.15, -0.1) is 0 Å². The summed E-state index contributed by atoms with van der Waals surface area (Å²) in [5.74, 6) is 0.876. The van der Waals surface area contributed by atoms with Gasteiger partial charge in [0.05, 0.1) is 16.4 Å². The Morgan fingerprint density at radius 2 is 2.05 bits per heavy atom. The van der Waals surface area contributed by atoms with Gasteiger partial charge in [-0.3, -0.25) is 14.7 Å². The predicted molar refractivity (Wildman–Crippen MR) is 144 cm³/mol. The maximum absolute atomic E-state index is 12.2. The Balaban J connectivity index is 1.40. The van der Waals surface area contributed by atoms with Crippen LogP contribution < -0.4 is 9.64 Å². The summed E-state index contributed by atoms with van der Waals surface area (Å²) in [5.41, 5.74) is 3.92. The number of rotatable bonds is 7. The molecule has 2 aromatic heterocycles. The summed E-state index contributed by atoms with van der Waals surface area (Å²) in [6, 6.07) is 4.76. The molecule has 37 heavy (non-hydrogen) atoms. The number of halogens is 1. The third-order valence-electron chi connectivity index (χ3n) is 7.70. The fourth-order valence-electron chi connectivity index (χ4n) is 5.57. The Morgan fingerprint density at radius 1 is 1.22 bits per heavy atom. The van der Waals surface area contributed by atoms with E-state index in [1.54, 1.807) is 0 Å². The van der Waals surface area contributed by atoms with Gasteiger partial charge in [0.1, 0.15) is 12.4 Å². The van der Waals surface area contributed by atoms with Gasteiger partial charge in [0.25, 0.3) is 0 Å². The minimum atomic E-state index is -0.0298. The first-order chi connectivity index (χ1) is 17.8. The lowest BCUT2D eigenvalue weighted by Crippen LogP contribution is -2.54. The summed E-state index contributed by atoms with van der Waals surface area (Å²) in [7, 11) is 2.14. The zero-order valence-electron chi connectivity index (χ0n) is 22.0. The molecule has 198 valence electrons. The van der Waals surface area contributed by atoms with E-state index in [1.807, 2.05) is 24.0 Å². The quantitative estimate of drug-likeness (QED) is 0.510. The molecule has 0 aliphatic carbocycles. The molecular formula is C27H36ClN7O2. The van der Waals surface area contributed by atoms with Gasteiger partial charge in [-0.25, -0.2) is 0 Å². The molecule has 0 N–H and O–H groups in total. The molecule has 0 saturated carbocycles. The summed E-state index contributed by atoms with van der Waals surface area (Å²) >= 11 is 6.46. The van der Waals surface area contributed by atoms with Crippen LogP contribution in [0, 0.1) is 6.92 Å². The molecule has 0 unspecified atom stereocenters. The Morgan fingerprint density at radius 3 is 2.78 bits per heavy atom. The van der Waals surface area contributed by atoms with Crippen LogP contribution in [0.25, 0.3) is 0 Å². The third-order valence-corrected chi connectivity index (χ3v) is 8.04. The van der Waals surface area contributed by atoms with E-state index >= 15 is 0 Å². The van der Waals surface area contributed by atoms with Crippen molar-refractivity contribution in [1.82, 2.24) is 29.7 Å². The molecule has 0 radical (unpaired) electrons. The van der Waals surface area contributed by atoms with Gasteiger partial charge < -0.3 is 19.4 Å². The highest BCUT2D eigenvalue weighted by Gasteiger charge is 2.33. The van der Waals surface area contributed by atoms with Crippen LogP contribution in [-0.2, 0) is 24.4 Å². The maximum Gasteiger partial charge on any atom is 0.318 e. The standard InChI is InChI=1S/C27H36ClN7O2/c1-5-25(36)34-11-12-35(19(3)13-34)26-21-14-33(16-24-22(28)9-8-18(2)29-24)15-23(21)30-27(31-26)37-17-20-7-6-10-32(20)4/h5,8-9,19-20H,1,6-7,10-17H2,2-4H3/t19-,20-/m0/s1. The number of aromatic nitrogens is 3. The molecule has 2 aromatic rings. The lowest BCUT2D eigenvalue weighted by Gasteiger charge is -2.40. The van der Waals surface area contributed by atoms with E-state index in [9.17, 15) is 4.79 Å². The van der Waals surface area contributed by atoms with Crippen LogP contribution >= 0.6 is 11.6 Å². The number of ether oxygens (including phenoxy) is 1. The number of pyridine rings is 1. The summed E-state index contributed by atoms with van der Waals surface area (Å²) in [5, 5.41) is 0.675. The van der Waals surface area contributed by atoms with Gasteiger partial charge in [-0.2, -0.15) is 9.97 Å². The highest BCUT2D eigenvalue weighted by molar-refractivity contribution is 6.31. The fourth-order valence-corrected chi connectivity index (χ4v) is 5.74. The molecule has 2 fully saturated rings. The van der Waals surface area contributed by atoms with E-state index in [4.69, 9.17) is 26.3 Å². The van der Waals surface area contributed by atoms with Crippen molar-refractivity contribution < 1.29 is 9.53 Å². The summed E-state index contributed by atoms with van der Waals surface area (Å²) in [6.07, 6.45) is 3.71. The first kappa shape index (κ1) is 25.9. The second-order valence-electron chi connectivity index (χ2n) is 10.4. The van der Waals surface area contributed by atoms with Gasteiger partial charge in [-0.1, -0.05) is 18.2 Å². The minimum absolute atomic E-state index is 0.0298. The van der Waals surface area contributed by atoms with Crippen LogP contribution in [0.1, 0.15) is 42.4 Å². The molecule has 10 heteroatoms. The summed E-state index contributed by atoms with van der Waals surface area (Å²) in [4.78, 5) is 35.5. The number of fused-ring (bicyclic) bond motifs is 1. The number of hydrogen-bond donors (Lipinski definition) is 0. The van der Waals surface area contributed by atoms with Crippen molar-refractivity contribution in [2.45, 2.75) is 58.4 Å². The molecule has 3 aliphatic heterocycles. The third kappa shape index (κ3) is 5.58. The van der Waals surface area contributed by atoms with E-state index < -0.39 is 0 Å². The monoisotopic (exact) mass is 525 g/mol. The van der Waals surface area contributed by atoms with Crippen molar-refractivity contribution in [2.75, 3.05) is 44.7 Å². The molecule has 3 aliphatic rings. The average molecular weight is 526 g/mol. The maximum atomic E-state index is 12.2. The van der Waals surface area contributed by atoms with Gasteiger partial charge >= 0.3 is 6.01 Å². The van der Waals surface area contributed by atoms with Crippen molar-refractivity contribution >= 4 is 23.3 Å². The lowest BCUT2D eigenvalue weighted by molar-refractivity contribution is -0.126. The van der Waals surface area contributed by atoms with Gasteiger partial charge in [0.2, 0.25) is 5.91 Å². The number of piperazine rings is 1. The fraction of sp³-hybridized carbons (Fsp3) is 0.556. The van der Waals surface area contributed by atoms with E-state index in [0.717, 1.165) is 41.4 Å². The molecule has 1 amide bonds. The Kier molecular flexibility index (Phi) is 7.65. The number of aryl methyl sites for hydroxylation is 1. The molecule has 0 spiro atoms. The van der Waals surface area contributed by atoms with Crippen LogP contribution in [-0.4, -0.2) is 87.5 Å². The van der Waals surface area contributed by atoms with Crippen molar-refractivity contribution in [3.05, 3.63) is 52.5 Å². The van der Waals surface area contributed by atoms with Gasteiger partial charge in [-0.05, 0) is 58.5 Å². The predicted octanol–water partition coefficient (Wildman–Crippen LogP) is 3.05. The lowest BCUT2D eigenvalue weighted by atomic mass is 10.1. The number of likely N-dealkylation sites (tertiary alicyclic amines) is 1. The van der Waals surface area contributed by atoms with E-state index in [2.05, 4.69) is 40.2 Å². The zero-order chi connectivity index (χ0) is 26.1. The number of likely N-dealkylation sites (N-methyl/N-ethyl adjacent to an activating group) is 1. The highest BCUT2D eigenvalue weighted by atomic mass is 35.5. The van der Waals surface area contributed by atoms with Crippen molar-refractivity contribution in [2.24, 2.45) is 0 Å². The number of carbonyl (C=O) groups excluding carboxylic acids is 1. The number of anilines is 1. The number of amides is 1. The number of hydrogen-bond acceptors (Lipinski definition) is 8. The first-order valence-corrected chi connectivity index (χ1v) is 13.5. The van der Waals surface area contributed by atoms with E-state index in [1.165, 1.54) is 12.5 Å². The second kappa shape index (κ2) is 10.9. The SMILES string of the molecule is C=CC(=O)N1CCN(c2nc(OC[C@@H]3CCCN3C)nc3c2CN(Cc2nc(C)ccc2Cl)C3)[C@@H](C)C1. The van der Waals surface area contributed by atoms with Gasteiger partial charge in [0, 0.05) is 62.6 Å².